The van der Waals surface area contributed by atoms with Crippen molar-refractivity contribution < 1.29 is 13.9 Å². The average Bonchev–Trinajstić information content (AvgIpc) is 3.20. The summed E-state index contributed by atoms with van der Waals surface area (Å²) in [6.07, 6.45) is 2.71. The third kappa shape index (κ3) is 4.70. The second-order valence-electron chi connectivity index (χ2n) is 5.68. The molecule has 0 spiro atoms. The van der Waals surface area contributed by atoms with Crippen molar-refractivity contribution in [3.63, 3.8) is 0 Å². The first-order valence-electron chi connectivity index (χ1n) is 7.47. The molecule has 2 rings (SSSR count). The van der Waals surface area contributed by atoms with E-state index in [-0.39, 0.29) is 24.4 Å². The van der Waals surface area contributed by atoms with E-state index in [0.29, 0.717) is 24.8 Å². The standard InChI is InChI=1S/C16H23FN2O2/c1-3-19(14-4-5-14)16(20)10-21-15-8-12(6-11(2)18)7-13(17)9-15/h7-9,11,14H,3-6,10,18H2,1-2H3. The zero-order valence-corrected chi connectivity index (χ0v) is 12.6. The summed E-state index contributed by atoms with van der Waals surface area (Å²) in [5.74, 6) is -0.0333. The van der Waals surface area contributed by atoms with Gasteiger partial charge in [-0.25, -0.2) is 4.39 Å². The van der Waals surface area contributed by atoms with Gasteiger partial charge in [-0.05, 0) is 50.8 Å². The number of rotatable bonds is 7. The number of nitrogens with zero attached hydrogens (tertiary/aromatic N) is 1. The number of hydrogen-bond donors (Lipinski definition) is 1. The normalized spacial score (nSPS) is 15.6. The van der Waals surface area contributed by atoms with Gasteiger partial charge in [0.15, 0.2) is 6.61 Å². The van der Waals surface area contributed by atoms with Crippen LogP contribution in [0.4, 0.5) is 4.39 Å². The van der Waals surface area contributed by atoms with E-state index in [1.54, 1.807) is 6.07 Å². The van der Waals surface area contributed by atoms with Crippen LogP contribution in [0.25, 0.3) is 0 Å². The van der Waals surface area contributed by atoms with Gasteiger partial charge in [0.25, 0.3) is 5.91 Å². The van der Waals surface area contributed by atoms with Crippen LogP contribution in [-0.4, -0.2) is 36.0 Å². The van der Waals surface area contributed by atoms with E-state index in [0.717, 1.165) is 18.4 Å². The molecule has 1 aromatic carbocycles. The van der Waals surface area contributed by atoms with Crippen molar-refractivity contribution in [1.29, 1.82) is 0 Å². The maximum atomic E-state index is 13.5. The van der Waals surface area contributed by atoms with Gasteiger partial charge in [0.05, 0.1) is 0 Å². The quantitative estimate of drug-likeness (QED) is 0.838. The predicted octanol–water partition coefficient (Wildman–Crippen LogP) is 2.11. The van der Waals surface area contributed by atoms with Crippen LogP contribution in [-0.2, 0) is 11.2 Å². The monoisotopic (exact) mass is 294 g/mol. The summed E-state index contributed by atoms with van der Waals surface area (Å²) in [5, 5.41) is 0. The minimum Gasteiger partial charge on any atom is -0.484 e. The fraction of sp³-hybridized carbons (Fsp3) is 0.562. The fourth-order valence-corrected chi connectivity index (χ4v) is 2.45. The maximum absolute atomic E-state index is 13.5. The Balaban J connectivity index is 1.95. The SMILES string of the molecule is CCN(C(=O)COc1cc(F)cc(CC(C)N)c1)C1CC1. The van der Waals surface area contributed by atoms with Gasteiger partial charge in [-0.3, -0.25) is 4.79 Å². The largest absolute Gasteiger partial charge is 0.484 e. The summed E-state index contributed by atoms with van der Waals surface area (Å²) in [6, 6.07) is 4.80. The summed E-state index contributed by atoms with van der Waals surface area (Å²) < 4.78 is 19.0. The lowest BCUT2D eigenvalue weighted by Crippen LogP contribution is -2.36. The van der Waals surface area contributed by atoms with Crippen LogP contribution in [0.1, 0.15) is 32.3 Å². The van der Waals surface area contributed by atoms with E-state index in [4.69, 9.17) is 10.5 Å². The van der Waals surface area contributed by atoms with Crippen molar-refractivity contribution in [2.75, 3.05) is 13.2 Å². The summed E-state index contributed by atoms with van der Waals surface area (Å²) in [4.78, 5) is 13.9. The molecule has 4 nitrogen and oxygen atoms in total. The molecule has 0 aromatic heterocycles. The molecule has 21 heavy (non-hydrogen) atoms. The molecular formula is C16H23FN2O2. The molecule has 0 radical (unpaired) electrons. The number of carbonyl (C=O) groups excluding carboxylic acids is 1. The zero-order chi connectivity index (χ0) is 15.4. The number of likely N-dealkylation sites (N-methyl/N-ethyl adjacent to an activating group) is 1. The van der Waals surface area contributed by atoms with Crippen molar-refractivity contribution in [3.05, 3.63) is 29.6 Å². The Bertz CT molecular complexity index is 501. The molecule has 1 unspecified atom stereocenters. The highest BCUT2D eigenvalue weighted by atomic mass is 19.1. The van der Waals surface area contributed by atoms with Crippen molar-refractivity contribution in [1.82, 2.24) is 4.90 Å². The Morgan fingerprint density at radius 2 is 2.19 bits per heavy atom. The van der Waals surface area contributed by atoms with E-state index < -0.39 is 0 Å². The molecule has 1 aliphatic rings. The molecule has 5 heteroatoms. The van der Waals surface area contributed by atoms with Gasteiger partial charge in [-0.2, -0.15) is 0 Å². The number of ether oxygens (including phenoxy) is 1. The van der Waals surface area contributed by atoms with Crippen molar-refractivity contribution in [2.24, 2.45) is 5.73 Å². The van der Waals surface area contributed by atoms with E-state index in [9.17, 15) is 9.18 Å². The maximum Gasteiger partial charge on any atom is 0.260 e. The van der Waals surface area contributed by atoms with Gasteiger partial charge in [0.2, 0.25) is 0 Å². The third-order valence-electron chi connectivity index (χ3n) is 3.50. The average molecular weight is 294 g/mol. The molecule has 0 bridgehead atoms. The molecule has 2 N–H and O–H groups in total. The molecule has 1 aliphatic carbocycles. The first-order chi connectivity index (χ1) is 9.99. The van der Waals surface area contributed by atoms with E-state index in [1.165, 1.54) is 12.1 Å². The minimum atomic E-state index is -0.370. The zero-order valence-electron chi connectivity index (χ0n) is 12.6. The van der Waals surface area contributed by atoms with Gasteiger partial charge >= 0.3 is 0 Å². The van der Waals surface area contributed by atoms with Crippen LogP contribution in [0.3, 0.4) is 0 Å². The highest BCUT2D eigenvalue weighted by Crippen LogP contribution is 2.26. The smallest absolute Gasteiger partial charge is 0.260 e. The third-order valence-corrected chi connectivity index (χ3v) is 3.50. The second-order valence-corrected chi connectivity index (χ2v) is 5.68. The molecule has 1 fully saturated rings. The number of nitrogens with two attached hydrogens (primary N) is 1. The van der Waals surface area contributed by atoms with Crippen LogP contribution in [0.2, 0.25) is 0 Å². The number of hydrogen-bond acceptors (Lipinski definition) is 3. The fourth-order valence-electron chi connectivity index (χ4n) is 2.45. The molecule has 1 aromatic rings. The lowest BCUT2D eigenvalue weighted by Gasteiger charge is -2.20. The Morgan fingerprint density at radius 1 is 1.48 bits per heavy atom. The molecule has 1 atom stereocenters. The van der Waals surface area contributed by atoms with Gasteiger partial charge < -0.3 is 15.4 Å². The number of halogens is 1. The summed E-state index contributed by atoms with van der Waals surface area (Å²) >= 11 is 0. The van der Waals surface area contributed by atoms with Crippen LogP contribution in [0.5, 0.6) is 5.75 Å². The van der Waals surface area contributed by atoms with E-state index in [1.807, 2.05) is 18.7 Å². The minimum absolute atomic E-state index is 0.0435. The van der Waals surface area contributed by atoms with Crippen LogP contribution < -0.4 is 10.5 Å². The van der Waals surface area contributed by atoms with Crippen LogP contribution in [0.15, 0.2) is 18.2 Å². The number of carbonyl (C=O) groups is 1. The lowest BCUT2D eigenvalue weighted by molar-refractivity contribution is -0.133. The molecule has 1 amide bonds. The van der Waals surface area contributed by atoms with Crippen molar-refractivity contribution >= 4 is 5.91 Å². The Hall–Kier alpha value is -1.62. The van der Waals surface area contributed by atoms with Crippen LogP contribution in [0, 0.1) is 5.82 Å². The predicted molar refractivity (Wildman–Crippen MR) is 79.7 cm³/mol. The topological polar surface area (TPSA) is 55.6 Å². The van der Waals surface area contributed by atoms with Gasteiger partial charge in [0.1, 0.15) is 11.6 Å². The number of amides is 1. The first-order valence-corrected chi connectivity index (χ1v) is 7.47. The van der Waals surface area contributed by atoms with E-state index in [2.05, 4.69) is 0 Å². The highest BCUT2D eigenvalue weighted by molar-refractivity contribution is 5.78. The van der Waals surface area contributed by atoms with Gasteiger partial charge in [0, 0.05) is 24.7 Å². The lowest BCUT2D eigenvalue weighted by atomic mass is 10.1. The highest BCUT2D eigenvalue weighted by Gasteiger charge is 2.31. The Morgan fingerprint density at radius 3 is 2.76 bits per heavy atom. The molecule has 0 saturated heterocycles. The van der Waals surface area contributed by atoms with Crippen molar-refractivity contribution in [2.45, 2.75) is 45.2 Å². The summed E-state index contributed by atoms with van der Waals surface area (Å²) in [7, 11) is 0. The summed E-state index contributed by atoms with van der Waals surface area (Å²) in [6.45, 7) is 4.46. The van der Waals surface area contributed by atoms with Crippen LogP contribution >= 0.6 is 0 Å². The van der Waals surface area contributed by atoms with E-state index >= 15 is 0 Å². The first kappa shape index (κ1) is 15.8. The molecule has 1 saturated carbocycles. The number of benzene rings is 1. The Labute approximate surface area is 125 Å². The second kappa shape index (κ2) is 6.89. The molecule has 0 heterocycles. The molecule has 0 aliphatic heterocycles. The molecular weight excluding hydrogens is 271 g/mol. The van der Waals surface area contributed by atoms with Gasteiger partial charge in [-0.1, -0.05) is 0 Å². The molecule has 116 valence electrons. The Kier molecular flexibility index (Phi) is 5.17. The van der Waals surface area contributed by atoms with Gasteiger partial charge in [-0.15, -0.1) is 0 Å². The summed E-state index contributed by atoms with van der Waals surface area (Å²) in [5.41, 5.74) is 6.50. The van der Waals surface area contributed by atoms with Crippen molar-refractivity contribution in [3.8, 4) is 5.75 Å².